The SMILES string of the molecule is CCn1ccnc1CNc1ccc(Cl)cc1C(F)(F)F. The Labute approximate surface area is 119 Å². The quantitative estimate of drug-likeness (QED) is 0.918. The predicted molar refractivity (Wildman–Crippen MR) is 71.7 cm³/mol. The van der Waals surface area contributed by atoms with Crippen LogP contribution in [0.15, 0.2) is 30.6 Å². The number of anilines is 1. The van der Waals surface area contributed by atoms with Crippen LogP contribution in [0, 0.1) is 0 Å². The van der Waals surface area contributed by atoms with Gasteiger partial charge >= 0.3 is 6.18 Å². The van der Waals surface area contributed by atoms with Gasteiger partial charge in [-0.1, -0.05) is 11.6 Å². The summed E-state index contributed by atoms with van der Waals surface area (Å²) >= 11 is 5.63. The third-order valence-corrected chi connectivity index (χ3v) is 3.10. The molecule has 1 aromatic carbocycles. The van der Waals surface area contributed by atoms with Crippen LogP contribution in [0.3, 0.4) is 0 Å². The summed E-state index contributed by atoms with van der Waals surface area (Å²) in [7, 11) is 0. The average Bonchev–Trinajstić information content (AvgIpc) is 2.83. The maximum absolute atomic E-state index is 12.9. The van der Waals surface area contributed by atoms with Crippen molar-refractivity contribution >= 4 is 17.3 Å². The largest absolute Gasteiger partial charge is 0.418 e. The standard InChI is InChI=1S/C13H13ClF3N3/c1-2-20-6-5-18-12(20)8-19-11-4-3-9(14)7-10(11)13(15,16)17/h3-7,19H,2,8H2,1H3. The van der Waals surface area contributed by atoms with Crippen molar-refractivity contribution in [3.8, 4) is 0 Å². The molecule has 7 heteroatoms. The molecule has 1 N–H and O–H groups in total. The second kappa shape index (κ2) is 5.75. The molecule has 0 spiro atoms. The van der Waals surface area contributed by atoms with Crippen LogP contribution < -0.4 is 5.32 Å². The molecule has 0 fully saturated rings. The first-order valence-corrected chi connectivity index (χ1v) is 6.40. The minimum absolute atomic E-state index is 0.00690. The highest BCUT2D eigenvalue weighted by atomic mass is 35.5. The molecule has 0 aliphatic heterocycles. The summed E-state index contributed by atoms with van der Waals surface area (Å²) in [6.45, 7) is 2.87. The Morgan fingerprint density at radius 2 is 2.10 bits per heavy atom. The molecular formula is C13H13ClF3N3. The molecule has 0 bridgehead atoms. The summed E-state index contributed by atoms with van der Waals surface area (Å²) < 4.78 is 40.6. The second-order valence-electron chi connectivity index (χ2n) is 4.17. The van der Waals surface area contributed by atoms with Crippen molar-refractivity contribution in [1.82, 2.24) is 9.55 Å². The van der Waals surface area contributed by atoms with Gasteiger partial charge in [0.25, 0.3) is 0 Å². The zero-order chi connectivity index (χ0) is 14.8. The van der Waals surface area contributed by atoms with E-state index in [2.05, 4.69) is 10.3 Å². The molecule has 0 saturated carbocycles. The molecule has 0 unspecified atom stereocenters. The Kier molecular flexibility index (Phi) is 4.23. The zero-order valence-corrected chi connectivity index (χ0v) is 11.5. The second-order valence-corrected chi connectivity index (χ2v) is 4.61. The van der Waals surface area contributed by atoms with Crippen molar-refractivity contribution in [3.63, 3.8) is 0 Å². The molecule has 0 radical (unpaired) electrons. The Morgan fingerprint density at radius 1 is 1.35 bits per heavy atom. The first-order chi connectivity index (χ1) is 9.41. The summed E-state index contributed by atoms with van der Waals surface area (Å²) in [6.07, 6.45) is -1.05. The van der Waals surface area contributed by atoms with E-state index in [9.17, 15) is 13.2 Å². The number of benzene rings is 1. The Morgan fingerprint density at radius 3 is 2.75 bits per heavy atom. The number of imidazole rings is 1. The Hall–Kier alpha value is -1.69. The predicted octanol–water partition coefficient (Wildman–Crippen LogP) is 4.19. The number of rotatable bonds is 4. The van der Waals surface area contributed by atoms with Gasteiger partial charge in [0, 0.05) is 29.6 Å². The molecule has 0 aliphatic rings. The van der Waals surface area contributed by atoms with Gasteiger partial charge in [0.05, 0.1) is 12.1 Å². The van der Waals surface area contributed by atoms with Crippen LogP contribution in [0.5, 0.6) is 0 Å². The summed E-state index contributed by atoms with van der Waals surface area (Å²) in [4.78, 5) is 4.10. The lowest BCUT2D eigenvalue weighted by Crippen LogP contribution is -2.13. The van der Waals surface area contributed by atoms with Gasteiger partial charge in [0.2, 0.25) is 0 Å². The number of aryl methyl sites for hydroxylation is 1. The van der Waals surface area contributed by atoms with Gasteiger partial charge in [-0.2, -0.15) is 13.2 Å². The molecule has 0 aliphatic carbocycles. The van der Waals surface area contributed by atoms with Crippen LogP contribution in [-0.2, 0) is 19.3 Å². The van der Waals surface area contributed by atoms with E-state index < -0.39 is 11.7 Å². The van der Waals surface area contributed by atoms with Crippen molar-refractivity contribution in [2.45, 2.75) is 26.2 Å². The molecule has 108 valence electrons. The maximum atomic E-state index is 12.9. The highest BCUT2D eigenvalue weighted by Crippen LogP contribution is 2.36. The molecule has 0 amide bonds. The minimum Gasteiger partial charge on any atom is -0.377 e. The molecule has 2 rings (SSSR count). The first kappa shape index (κ1) is 14.7. The van der Waals surface area contributed by atoms with Gasteiger partial charge < -0.3 is 9.88 Å². The fourth-order valence-corrected chi connectivity index (χ4v) is 2.05. The number of nitrogens with zero attached hydrogens (tertiary/aromatic N) is 2. The summed E-state index contributed by atoms with van der Waals surface area (Å²) in [5.74, 6) is 0.676. The van der Waals surface area contributed by atoms with Crippen LogP contribution >= 0.6 is 11.6 Å². The van der Waals surface area contributed by atoms with E-state index in [1.54, 1.807) is 12.4 Å². The molecule has 3 nitrogen and oxygen atoms in total. The summed E-state index contributed by atoms with van der Waals surface area (Å²) in [5, 5.41) is 2.82. The highest BCUT2D eigenvalue weighted by Gasteiger charge is 2.33. The van der Waals surface area contributed by atoms with Crippen LogP contribution in [0.1, 0.15) is 18.3 Å². The van der Waals surface area contributed by atoms with E-state index in [0.717, 1.165) is 6.07 Å². The normalized spacial score (nSPS) is 11.7. The number of hydrogen-bond donors (Lipinski definition) is 1. The molecule has 0 atom stereocenters. The zero-order valence-electron chi connectivity index (χ0n) is 10.7. The van der Waals surface area contributed by atoms with Crippen molar-refractivity contribution in [2.24, 2.45) is 0 Å². The van der Waals surface area contributed by atoms with E-state index >= 15 is 0 Å². The molecule has 0 saturated heterocycles. The topological polar surface area (TPSA) is 29.9 Å². The van der Waals surface area contributed by atoms with E-state index in [1.807, 2.05) is 11.5 Å². The van der Waals surface area contributed by atoms with E-state index in [4.69, 9.17) is 11.6 Å². The lowest BCUT2D eigenvalue weighted by molar-refractivity contribution is -0.136. The molecule has 20 heavy (non-hydrogen) atoms. The first-order valence-electron chi connectivity index (χ1n) is 6.02. The van der Waals surface area contributed by atoms with Crippen LogP contribution in [0.2, 0.25) is 5.02 Å². The smallest absolute Gasteiger partial charge is 0.377 e. The molecule has 2 aromatic rings. The fourth-order valence-electron chi connectivity index (χ4n) is 1.87. The number of nitrogens with one attached hydrogen (secondary N) is 1. The number of aromatic nitrogens is 2. The third kappa shape index (κ3) is 3.25. The van der Waals surface area contributed by atoms with Gasteiger partial charge in [-0.15, -0.1) is 0 Å². The van der Waals surface area contributed by atoms with Gasteiger partial charge in [-0.25, -0.2) is 4.98 Å². The lowest BCUT2D eigenvalue weighted by Gasteiger charge is -2.15. The highest BCUT2D eigenvalue weighted by molar-refractivity contribution is 6.30. The van der Waals surface area contributed by atoms with Gasteiger partial charge in [-0.3, -0.25) is 0 Å². The number of hydrogen-bond acceptors (Lipinski definition) is 2. The molecule has 1 heterocycles. The Bertz CT molecular complexity index is 593. The van der Waals surface area contributed by atoms with Crippen LogP contribution in [0.4, 0.5) is 18.9 Å². The van der Waals surface area contributed by atoms with Crippen LogP contribution in [0.25, 0.3) is 0 Å². The number of halogens is 4. The third-order valence-electron chi connectivity index (χ3n) is 2.87. The van der Waals surface area contributed by atoms with Gasteiger partial charge in [0.1, 0.15) is 5.82 Å². The van der Waals surface area contributed by atoms with Gasteiger partial charge in [-0.05, 0) is 25.1 Å². The fraction of sp³-hybridized carbons (Fsp3) is 0.308. The maximum Gasteiger partial charge on any atom is 0.418 e. The molecular weight excluding hydrogens is 291 g/mol. The summed E-state index contributed by atoms with van der Waals surface area (Å²) in [6, 6.07) is 3.66. The minimum atomic E-state index is -4.45. The van der Waals surface area contributed by atoms with Crippen molar-refractivity contribution in [1.29, 1.82) is 0 Å². The monoisotopic (exact) mass is 303 g/mol. The van der Waals surface area contributed by atoms with E-state index in [1.165, 1.54) is 12.1 Å². The van der Waals surface area contributed by atoms with Crippen molar-refractivity contribution in [3.05, 3.63) is 47.0 Å². The van der Waals surface area contributed by atoms with Crippen LogP contribution in [-0.4, -0.2) is 9.55 Å². The van der Waals surface area contributed by atoms with Gasteiger partial charge in [0.15, 0.2) is 0 Å². The summed E-state index contributed by atoms with van der Waals surface area (Å²) in [5.41, 5.74) is -0.785. The number of alkyl halides is 3. The van der Waals surface area contributed by atoms with E-state index in [0.29, 0.717) is 12.4 Å². The molecule has 1 aromatic heterocycles. The van der Waals surface area contributed by atoms with E-state index in [-0.39, 0.29) is 17.3 Å². The Balaban J connectivity index is 2.22. The average molecular weight is 304 g/mol. The van der Waals surface area contributed by atoms with Crippen molar-refractivity contribution in [2.75, 3.05) is 5.32 Å². The van der Waals surface area contributed by atoms with Crippen molar-refractivity contribution < 1.29 is 13.2 Å². The lowest BCUT2D eigenvalue weighted by atomic mass is 10.1.